The number of benzene rings is 2. The first-order valence-electron chi connectivity index (χ1n) is 8.38. The minimum atomic E-state index is -0.105. The molecule has 2 heterocycles. The topological polar surface area (TPSA) is 60.5 Å². The second-order valence-corrected chi connectivity index (χ2v) is 6.96. The van der Waals surface area contributed by atoms with Crippen LogP contribution in [0.15, 0.2) is 47.8 Å². The number of nitrogens with zero attached hydrogens (tertiary/aromatic N) is 1. The maximum atomic E-state index is 12.3. The summed E-state index contributed by atoms with van der Waals surface area (Å²) >= 11 is 1.42. The number of carbonyl (C=O) groups excluding carboxylic acids is 1. The quantitative estimate of drug-likeness (QED) is 0.756. The van der Waals surface area contributed by atoms with Crippen molar-refractivity contribution in [3.63, 3.8) is 0 Å². The Morgan fingerprint density at radius 3 is 2.69 bits per heavy atom. The molecule has 0 saturated heterocycles. The number of ether oxygens (including phenoxy) is 2. The largest absolute Gasteiger partial charge is 0.486 e. The van der Waals surface area contributed by atoms with E-state index in [0.717, 1.165) is 22.6 Å². The van der Waals surface area contributed by atoms with Gasteiger partial charge < -0.3 is 14.8 Å². The lowest BCUT2D eigenvalue weighted by Gasteiger charge is -2.18. The molecule has 0 spiro atoms. The SMILES string of the molecule is Cc1ccc(-c2csc(NC(=O)Cc3ccc4c(c3)OCCO4)n2)cc1. The number of nitrogens with one attached hydrogen (secondary N) is 1. The summed E-state index contributed by atoms with van der Waals surface area (Å²) in [5.41, 5.74) is 3.99. The predicted octanol–water partition coefficient (Wildman–Crippen LogP) is 4.07. The van der Waals surface area contributed by atoms with Crippen LogP contribution in [0.5, 0.6) is 11.5 Å². The molecule has 0 radical (unpaired) electrons. The number of hydrogen-bond donors (Lipinski definition) is 1. The first kappa shape index (κ1) is 16.6. The molecular formula is C20H18N2O3S. The van der Waals surface area contributed by atoms with E-state index in [9.17, 15) is 4.79 Å². The fourth-order valence-corrected chi connectivity index (χ4v) is 3.47. The summed E-state index contributed by atoms with van der Waals surface area (Å²) in [7, 11) is 0. The molecule has 6 heteroatoms. The number of amides is 1. The molecule has 0 saturated carbocycles. The molecule has 3 aromatic rings. The van der Waals surface area contributed by atoms with Crippen LogP contribution in [0.2, 0.25) is 0 Å². The van der Waals surface area contributed by atoms with Crippen LogP contribution < -0.4 is 14.8 Å². The average Bonchev–Trinajstić information content (AvgIpc) is 3.10. The molecule has 0 fully saturated rings. The van der Waals surface area contributed by atoms with Crippen LogP contribution in [0.25, 0.3) is 11.3 Å². The van der Waals surface area contributed by atoms with Gasteiger partial charge in [0.15, 0.2) is 16.6 Å². The molecule has 0 bridgehead atoms. The van der Waals surface area contributed by atoms with Gasteiger partial charge in [0.25, 0.3) is 0 Å². The summed E-state index contributed by atoms with van der Waals surface area (Å²) in [5, 5.41) is 5.42. The second-order valence-electron chi connectivity index (χ2n) is 6.11. The van der Waals surface area contributed by atoms with Crippen LogP contribution in [-0.2, 0) is 11.2 Å². The molecule has 26 heavy (non-hydrogen) atoms. The number of anilines is 1. The van der Waals surface area contributed by atoms with Gasteiger partial charge in [0.2, 0.25) is 5.91 Å². The molecule has 1 N–H and O–H groups in total. The molecule has 5 nitrogen and oxygen atoms in total. The highest BCUT2D eigenvalue weighted by atomic mass is 32.1. The van der Waals surface area contributed by atoms with Crippen molar-refractivity contribution in [1.82, 2.24) is 4.98 Å². The Morgan fingerprint density at radius 1 is 1.12 bits per heavy atom. The third-order valence-electron chi connectivity index (χ3n) is 4.07. The molecule has 0 unspecified atom stereocenters. The zero-order chi connectivity index (χ0) is 17.9. The van der Waals surface area contributed by atoms with Crippen LogP contribution in [-0.4, -0.2) is 24.1 Å². The van der Waals surface area contributed by atoms with E-state index < -0.39 is 0 Å². The Bertz CT molecular complexity index is 934. The Morgan fingerprint density at radius 2 is 1.88 bits per heavy atom. The lowest BCUT2D eigenvalue weighted by Crippen LogP contribution is -2.17. The van der Waals surface area contributed by atoms with Gasteiger partial charge in [-0.1, -0.05) is 35.9 Å². The van der Waals surface area contributed by atoms with E-state index in [1.807, 2.05) is 42.6 Å². The van der Waals surface area contributed by atoms with Crippen LogP contribution in [0.3, 0.4) is 0 Å². The standard InChI is InChI=1S/C20H18N2O3S/c1-13-2-5-15(6-3-13)16-12-26-20(21-16)22-19(23)11-14-4-7-17-18(10-14)25-9-8-24-17/h2-7,10,12H,8-9,11H2,1H3,(H,21,22,23). The maximum Gasteiger partial charge on any atom is 0.230 e. The van der Waals surface area contributed by atoms with Gasteiger partial charge in [-0.25, -0.2) is 4.98 Å². The highest BCUT2D eigenvalue weighted by molar-refractivity contribution is 7.14. The van der Waals surface area contributed by atoms with Crippen LogP contribution in [0.1, 0.15) is 11.1 Å². The number of aryl methyl sites for hydroxylation is 1. The van der Waals surface area contributed by atoms with Gasteiger partial charge >= 0.3 is 0 Å². The number of thiazole rings is 1. The summed E-state index contributed by atoms with van der Waals surface area (Å²) < 4.78 is 11.1. The first-order chi connectivity index (χ1) is 12.7. The number of fused-ring (bicyclic) bond motifs is 1. The Labute approximate surface area is 155 Å². The molecule has 1 aliphatic rings. The summed E-state index contributed by atoms with van der Waals surface area (Å²) in [6.45, 7) is 3.14. The summed E-state index contributed by atoms with van der Waals surface area (Å²) in [4.78, 5) is 16.8. The first-order valence-corrected chi connectivity index (χ1v) is 9.26. The van der Waals surface area contributed by atoms with E-state index in [1.54, 1.807) is 0 Å². The fourth-order valence-electron chi connectivity index (χ4n) is 2.73. The van der Waals surface area contributed by atoms with Gasteiger partial charge in [-0.15, -0.1) is 11.3 Å². The van der Waals surface area contributed by atoms with E-state index in [0.29, 0.717) is 24.1 Å². The minimum absolute atomic E-state index is 0.105. The molecule has 1 aliphatic heterocycles. The zero-order valence-corrected chi connectivity index (χ0v) is 15.1. The van der Waals surface area contributed by atoms with Crippen LogP contribution in [0.4, 0.5) is 5.13 Å². The zero-order valence-electron chi connectivity index (χ0n) is 14.3. The lowest BCUT2D eigenvalue weighted by molar-refractivity contribution is -0.115. The number of carbonyl (C=O) groups is 1. The Hall–Kier alpha value is -2.86. The Kier molecular flexibility index (Phi) is 4.58. The monoisotopic (exact) mass is 366 g/mol. The molecule has 2 aromatic carbocycles. The number of hydrogen-bond acceptors (Lipinski definition) is 5. The summed E-state index contributed by atoms with van der Waals surface area (Å²) in [6.07, 6.45) is 0.260. The number of aromatic nitrogens is 1. The molecule has 0 atom stereocenters. The number of rotatable bonds is 4. The van der Waals surface area contributed by atoms with Crippen molar-refractivity contribution >= 4 is 22.4 Å². The van der Waals surface area contributed by atoms with Gasteiger partial charge in [0, 0.05) is 10.9 Å². The van der Waals surface area contributed by atoms with Gasteiger partial charge in [0.1, 0.15) is 13.2 Å². The average molecular weight is 366 g/mol. The molecular weight excluding hydrogens is 348 g/mol. The van der Waals surface area contributed by atoms with Crippen molar-refractivity contribution in [2.24, 2.45) is 0 Å². The van der Waals surface area contributed by atoms with Crippen molar-refractivity contribution in [2.45, 2.75) is 13.3 Å². The third-order valence-corrected chi connectivity index (χ3v) is 4.83. The summed E-state index contributed by atoms with van der Waals surface area (Å²) in [5.74, 6) is 1.31. The minimum Gasteiger partial charge on any atom is -0.486 e. The predicted molar refractivity (Wildman–Crippen MR) is 102 cm³/mol. The third kappa shape index (κ3) is 3.70. The summed E-state index contributed by atoms with van der Waals surface area (Å²) in [6, 6.07) is 13.7. The van der Waals surface area contributed by atoms with E-state index in [2.05, 4.69) is 22.4 Å². The normalized spacial score (nSPS) is 12.7. The Balaban J connectivity index is 1.41. The van der Waals surface area contributed by atoms with Crippen molar-refractivity contribution in [2.75, 3.05) is 18.5 Å². The second kappa shape index (κ2) is 7.17. The van der Waals surface area contributed by atoms with Crippen LogP contribution >= 0.6 is 11.3 Å². The molecule has 1 aromatic heterocycles. The highest BCUT2D eigenvalue weighted by Gasteiger charge is 2.14. The van der Waals surface area contributed by atoms with Crippen molar-refractivity contribution in [1.29, 1.82) is 0 Å². The van der Waals surface area contributed by atoms with E-state index in [4.69, 9.17) is 9.47 Å². The molecule has 1 amide bonds. The van der Waals surface area contributed by atoms with E-state index in [1.165, 1.54) is 16.9 Å². The van der Waals surface area contributed by atoms with Gasteiger partial charge in [-0.05, 0) is 24.6 Å². The van der Waals surface area contributed by atoms with E-state index >= 15 is 0 Å². The molecule has 0 aliphatic carbocycles. The van der Waals surface area contributed by atoms with Gasteiger partial charge in [0.05, 0.1) is 12.1 Å². The van der Waals surface area contributed by atoms with Crippen LogP contribution in [0, 0.1) is 6.92 Å². The van der Waals surface area contributed by atoms with E-state index in [-0.39, 0.29) is 12.3 Å². The van der Waals surface area contributed by atoms with Crippen molar-refractivity contribution in [3.8, 4) is 22.8 Å². The smallest absolute Gasteiger partial charge is 0.230 e. The highest BCUT2D eigenvalue weighted by Crippen LogP contribution is 2.31. The van der Waals surface area contributed by atoms with Crippen molar-refractivity contribution in [3.05, 3.63) is 59.0 Å². The fraction of sp³-hybridized carbons (Fsp3) is 0.200. The maximum absolute atomic E-state index is 12.3. The lowest BCUT2D eigenvalue weighted by atomic mass is 10.1. The van der Waals surface area contributed by atoms with Crippen molar-refractivity contribution < 1.29 is 14.3 Å². The molecule has 4 rings (SSSR count). The molecule has 132 valence electrons. The van der Waals surface area contributed by atoms with Gasteiger partial charge in [-0.3, -0.25) is 4.79 Å². The van der Waals surface area contributed by atoms with Gasteiger partial charge in [-0.2, -0.15) is 0 Å².